The van der Waals surface area contributed by atoms with Gasteiger partial charge < -0.3 is 14.4 Å². The predicted octanol–water partition coefficient (Wildman–Crippen LogP) is 8.38. The zero-order valence-electron chi connectivity index (χ0n) is 29.0. The second-order valence-electron chi connectivity index (χ2n) is 15.2. The molecular formula is C48H27B2N3S. The van der Waals surface area contributed by atoms with Crippen LogP contribution in [0.4, 0.5) is 34.1 Å². The molecule has 0 saturated carbocycles. The Kier molecular flexibility index (Phi) is 5.06. The van der Waals surface area contributed by atoms with Crippen LogP contribution in [-0.2, 0) is 0 Å². The largest absolute Gasteiger partial charge is 0.311 e. The highest BCUT2D eigenvalue weighted by molar-refractivity contribution is 7.27. The van der Waals surface area contributed by atoms with Crippen LogP contribution >= 0.6 is 11.3 Å². The smallest absolute Gasteiger partial charge is 0.252 e. The number of para-hydroxylation sites is 5. The van der Waals surface area contributed by atoms with Gasteiger partial charge in [0, 0.05) is 76.3 Å². The Bertz CT molecular complexity index is 3310. The van der Waals surface area contributed by atoms with E-state index in [1.807, 2.05) is 11.3 Å². The fourth-order valence-corrected chi connectivity index (χ4v) is 12.1. The van der Waals surface area contributed by atoms with E-state index in [0.29, 0.717) is 0 Å². The number of hydrogen-bond acceptors (Lipinski definition) is 3. The maximum Gasteiger partial charge on any atom is 0.252 e. The first-order valence-electron chi connectivity index (χ1n) is 18.9. The van der Waals surface area contributed by atoms with Crippen molar-refractivity contribution in [1.29, 1.82) is 0 Å². The van der Waals surface area contributed by atoms with Crippen molar-refractivity contribution in [3.05, 3.63) is 164 Å². The minimum Gasteiger partial charge on any atom is -0.311 e. The normalized spacial score (nSPS) is 14.1. The summed E-state index contributed by atoms with van der Waals surface area (Å²) >= 11 is 1.95. The molecule has 4 aliphatic heterocycles. The van der Waals surface area contributed by atoms with Crippen LogP contribution in [0.2, 0.25) is 0 Å². The SMILES string of the molecule is c1ccc(N2c3ccccc3B3c4c2cc2c5c4-n4c6c3cccc6c3c6sc7ccccc7c6cc(c34)B5c3ccccc3N2c2ccccc2)cc1. The summed E-state index contributed by atoms with van der Waals surface area (Å²) in [7, 11) is 0. The molecule has 246 valence electrons. The second kappa shape index (κ2) is 9.73. The van der Waals surface area contributed by atoms with Gasteiger partial charge in [-0.1, -0.05) is 115 Å². The van der Waals surface area contributed by atoms with E-state index in [-0.39, 0.29) is 13.4 Å². The van der Waals surface area contributed by atoms with Crippen molar-refractivity contribution in [3.63, 3.8) is 0 Å². The molecule has 0 amide bonds. The lowest BCUT2D eigenvalue weighted by molar-refractivity contribution is 1.17. The van der Waals surface area contributed by atoms with Gasteiger partial charge in [0.05, 0.1) is 5.52 Å². The summed E-state index contributed by atoms with van der Waals surface area (Å²) in [5.74, 6) is 0. The first-order valence-corrected chi connectivity index (χ1v) is 19.7. The molecule has 14 rings (SSSR count). The van der Waals surface area contributed by atoms with E-state index in [1.165, 1.54) is 115 Å². The monoisotopic (exact) mass is 699 g/mol. The summed E-state index contributed by atoms with van der Waals surface area (Å²) in [5, 5.41) is 5.48. The molecule has 2 aromatic heterocycles. The summed E-state index contributed by atoms with van der Waals surface area (Å²) < 4.78 is 5.46. The summed E-state index contributed by atoms with van der Waals surface area (Å²) in [6.07, 6.45) is 0. The van der Waals surface area contributed by atoms with Gasteiger partial charge >= 0.3 is 0 Å². The van der Waals surface area contributed by atoms with Gasteiger partial charge in [-0.15, -0.1) is 11.3 Å². The summed E-state index contributed by atoms with van der Waals surface area (Å²) in [6.45, 7) is 0.169. The Labute approximate surface area is 316 Å². The van der Waals surface area contributed by atoms with Crippen molar-refractivity contribution >= 4 is 134 Å². The molecule has 0 fully saturated rings. The highest BCUT2D eigenvalue weighted by Crippen LogP contribution is 2.49. The van der Waals surface area contributed by atoms with E-state index in [9.17, 15) is 0 Å². The van der Waals surface area contributed by atoms with Gasteiger partial charge in [-0.2, -0.15) is 0 Å². The highest BCUT2D eigenvalue weighted by Gasteiger charge is 2.50. The molecule has 3 nitrogen and oxygen atoms in total. The molecule has 0 N–H and O–H groups in total. The minimum absolute atomic E-state index is 0.0726. The van der Waals surface area contributed by atoms with E-state index in [0.717, 1.165) is 0 Å². The third-order valence-electron chi connectivity index (χ3n) is 12.7. The molecule has 6 heteroatoms. The van der Waals surface area contributed by atoms with Crippen LogP contribution in [0.1, 0.15) is 0 Å². The van der Waals surface area contributed by atoms with Crippen LogP contribution in [0.3, 0.4) is 0 Å². The number of hydrogen-bond donors (Lipinski definition) is 0. The van der Waals surface area contributed by atoms with Crippen LogP contribution in [0, 0.1) is 0 Å². The van der Waals surface area contributed by atoms with E-state index in [1.54, 1.807) is 0 Å². The molecule has 6 heterocycles. The minimum atomic E-state index is 0.0726. The number of rotatable bonds is 2. The number of anilines is 6. The van der Waals surface area contributed by atoms with Crippen LogP contribution < -0.4 is 42.6 Å². The molecule has 0 spiro atoms. The lowest BCUT2D eigenvalue weighted by Crippen LogP contribution is -2.67. The van der Waals surface area contributed by atoms with Crippen molar-refractivity contribution in [1.82, 2.24) is 4.57 Å². The van der Waals surface area contributed by atoms with E-state index < -0.39 is 0 Å². The zero-order valence-corrected chi connectivity index (χ0v) is 29.8. The molecule has 0 saturated heterocycles. The van der Waals surface area contributed by atoms with E-state index in [4.69, 9.17) is 0 Å². The molecule has 0 aliphatic carbocycles. The van der Waals surface area contributed by atoms with Crippen LogP contribution in [0.25, 0.3) is 47.7 Å². The number of fused-ring (bicyclic) bond motifs is 11. The number of benzene rings is 8. The number of nitrogens with zero attached hydrogens (tertiary/aromatic N) is 3. The maximum atomic E-state index is 2.72. The lowest BCUT2D eigenvalue weighted by Gasteiger charge is -2.46. The van der Waals surface area contributed by atoms with Gasteiger partial charge in [-0.05, 0) is 81.3 Å². The molecule has 0 bridgehead atoms. The van der Waals surface area contributed by atoms with E-state index >= 15 is 0 Å². The van der Waals surface area contributed by atoms with Crippen molar-refractivity contribution < 1.29 is 0 Å². The van der Waals surface area contributed by atoms with Crippen LogP contribution in [-0.4, -0.2) is 18.0 Å². The molecule has 0 unspecified atom stereocenters. The predicted molar refractivity (Wildman–Crippen MR) is 232 cm³/mol. The summed E-state index contributed by atoms with van der Waals surface area (Å²) in [6, 6.07) is 61.5. The molecule has 0 atom stereocenters. The van der Waals surface area contributed by atoms with E-state index in [2.05, 4.69) is 178 Å². The topological polar surface area (TPSA) is 11.4 Å². The Morgan fingerprint density at radius 2 is 0.963 bits per heavy atom. The Morgan fingerprint density at radius 3 is 1.65 bits per heavy atom. The van der Waals surface area contributed by atoms with Crippen molar-refractivity contribution in [2.75, 3.05) is 9.80 Å². The first kappa shape index (κ1) is 28.1. The molecule has 54 heavy (non-hydrogen) atoms. The second-order valence-corrected chi connectivity index (χ2v) is 16.2. The first-order chi connectivity index (χ1) is 26.8. The van der Waals surface area contributed by atoms with Crippen LogP contribution in [0.5, 0.6) is 0 Å². The number of aromatic nitrogens is 1. The summed E-state index contributed by atoms with van der Waals surface area (Å²) in [4.78, 5) is 5.08. The average molecular weight is 699 g/mol. The fraction of sp³-hybridized carbons (Fsp3) is 0. The van der Waals surface area contributed by atoms with Gasteiger partial charge in [-0.3, -0.25) is 0 Å². The molecular weight excluding hydrogens is 672 g/mol. The Hall–Kier alpha value is -6.49. The Balaban J connectivity index is 1.26. The van der Waals surface area contributed by atoms with Gasteiger partial charge in [-0.25, -0.2) is 0 Å². The quantitative estimate of drug-likeness (QED) is 0.168. The van der Waals surface area contributed by atoms with Crippen LogP contribution in [0.15, 0.2) is 164 Å². The molecule has 4 aliphatic rings. The summed E-state index contributed by atoms with van der Waals surface area (Å²) in [5.41, 5.74) is 19.8. The Morgan fingerprint density at radius 1 is 0.407 bits per heavy atom. The van der Waals surface area contributed by atoms with Gasteiger partial charge in [0.2, 0.25) is 0 Å². The molecule has 8 aromatic carbocycles. The standard InChI is InChI=1S/C48H27B2N3S/c1-3-14-28(15-4-1)51-37-23-10-8-20-33(37)49-35-22-13-19-31-42-46-36(26-32-30-18-7-12-25-41(30)54-48(32)42)50-34-21-9-11-24-38(34)52(29-16-5-2-6-17-29)40-27-39(51)43(49)47(44(40)50)53(46)45(31)35/h1-27H. The molecule has 0 radical (unpaired) electrons. The third-order valence-corrected chi connectivity index (χ3v) is 13.9. The van der Waals surface area contributed by atoms with Gasteiger partial charge in [0.15, 0.2) is 0 Å². The van der Waals surface area contributed by atoms with Crippen molar-refractivity contribution in [2.45, 2.75) is 0 Å². The molecule has 10 aromatic rings. The van der Waals surface area contributed by atoms with Crippen molar-refractivity contribution in [3.8, 4) is 5.69 Å². The van der Waals surface area contributed by atoms with Gasteiger partial charge in [0.25, 0.3) is 13.4 Å². The van der Waals surface area contributed by atoms with Crippen molar-refractivity contribution in [2.24, 2.45) is 0 Å². The average Bonchev–Trinajstić information content (AvgIpc) is 3.78. The lowest BCUT2D eigenvalue weighted by atomic mass is 9.29. The highest BCUT2D eigenvalue weighted by atomic mass is 32.1. The maximum absolute atomic E-state index is 2.72. The number of thiophene rings is 1. The van der Waals surface area contributed by atoms with Gasteiger partial charge in [0.1, 0.15) is 0 Å². The zero-order chi connectivity index (χ0) is 34.8. The third kappa shape index (κ3) is 3.18. The fourth-order valence-electron chi connectivity index (χ4n) is 10.8.